The van der Waals surface area contributed by atoms with E-state index in [-0.39, 0.29) is 13.2 Å². The van der Waals surface area contributed by atoms with Crippen LogP contribution in [0.5, 0.6) is 5.75 Å². The Morgan fingerprint density at radius 1 is 0.490 bits per heavy atom. The summed E-state index contributed by atoms with van der Waals surface area (Å²) in [5.41, 5.74) is 1.36. The van der Waals surface area contributed by atoms with Crippen molar-refractivity contribution in [2.45, 2.75) is 46.0 Å². The van der Waals surface area contributed by atoms with Crippen molar-refractivity contribution in [3.05, 3.63) is 29.8 Å². The maximum Gasteiger partial charge on any atom is 0.469 e. The third-order valence-electron chi connectivity index (χ3n) is 6.63. The van der Waals surface area contributed by atoms with E-state index < -0.39 is 7.82 Å². The molecular weight excluding hydrogens is 663 g/mol. The molecule has 0 saturated carbocycles. The van der Waals surface area contributed by atoms with Crippen molar-refractivity contribution < 1.29 is 66.2 Å². The van der Waals surface area contributed by atoms with Crippen molar-refractivity contribution in [3.63, 3.8) is 0 Å². The fraction of sp³-hybridized carbons (Fsp3) is 0.824. The Labute approximate surface area is 293 Å². The molecule has 0 spiro atoms. The normalized spacial score (nSPS) is 11.9. The highest BCUT2D eigenvalue weighted by atomic mass is 31.2. The number of hydrogen-bond acceptors (Lipinski definition) is 12. The van der Waals surface area contributed by atoms with Gasteiger partial charge in [-0.3, -0.25) is 4.52 Å². The van der Waals surface area contributed by atoms with E-state index in [4.69, 9.17) is 57.2 Å². The van der Waals surface area contributed by atoms with E-state index >= 15 is 0 Å². The lowest BCUT2D eigenvalue weighted by Crippen LogP contribution is -2.15. The van der Waals surface area contributed by atoms with Gasteiger partial charge in [-0.2, -0.15) is 0 Å². The predicted octanol–water partition coefficient (Wildman–Crippen LogP) is 4.08. The summed E-state index contributed by atoms with van der Waals surface area (Å²) in [5.74, 6) is 1.67. The number of ether oxygens (including phenoxy) is 10. The van der Waals surface area contributed by atoms with Gasteiger partial charge in [-0.05, 0) is 36.5 Å². The second-order valence-corrected chi connectivity index (χ2v) is 12.6. The molecule has 15 heteroatoms. The molecule has 0 saturated heterocycles. The minimum Gasteiger partial charge on any atom is -0.491 e. The van der Waals surface area contributed by atoms with Crippen molar-refractivity contribution in [1.29, 1.82) is 0 Å². The highest BCUT2D eigenvalue weighted by Crippen LogP contribution is 2.35. The van der Waals surface area contributed by atoms with Crippen LogP contribution in [-0.4, -0.2) is 142 Å². The number of benzene rings is 1. The summed E-state index contributed by atoms with van der Waals surface area (Å²) in [6, 6.07) is 8.39. The molecule has 0 radical (unpaired) electrons. The molecule has 288 valence electrons. The Hall–Kier alpha value is -1.23. The first-order chi connectivity index (χ1) is 23.9. The van der Waals surface area contributed by atoms with Gasteiger partial charge in [-0.1, -0.05) is 45.2 Å². The van der Waals surface area contributed by atoms with Gasteiger partial charge in [0, 0.05) is 0 Å². The molecule has 0 heterocycles. The lowest BCUT2D eigenvalue weighted by Gasteiger charge is -2.09. The average Bonchev–Trinajstić information content (AvgIpc) is 3.07. The Morgan fingerprint density at radius 3 is 1.18 bits per heavy atom. The largest absolute Gasteiger partial charge is 0.491 e. The number of aryl methyl sites for hydroxylation is 1. The number of phosphoric acid groups is 1. The molecule has 0 aliphatic rings. The monoisotopic (exact) mass is 726 g/mol. The molecule has 0 fully saturated rings. The van der Waals surface area contributed by atoms with Gasteiger partial charge >= 0.3 is 7.82 Å². The Bertz CT molecular complexity index is 871. The van der Waals surface area contributed by atoms with Crippen LogP contribution in [0.2, 0.25) is 0 Å². The highest BCUT2D eigenvalue weighted by Gasteiger charge is 2.12. The zero-order valence-electron chi connectivity index (χ0n) is 29.8. The lowest BCUT2D eigenvalue weighted by atomic mass is 10.0. The maximum atomic E-state index is 10.5. The molecule has 0 atom stereocenters. The second-order valence-electron chi connectivity index (χ2n) is 11.3. The van der Waals surface area contributed by atoms with Gasteiger partial charge in [0.1, 0.15) is 12.4 Å². The zero-order valence-corrected chi connectivity index (χ0v) is 30.7. The van der Waals surface area contributed by atoms with Crippen LogP contribution in [0, 0.1) is 5.92 Å². The standard InChI is InChI=1S/C34H63O14P/c1-32(2)6-4-3-5-7-33-8-10-34(11-9-33)47-30-28-45-26-24-43-22-20-41-18-16-39-14-12-38-13-15-40-17-19-42-21-23-44-25-27-46-29-31-48-49(35,36)37/h8-11,32H,3-7,12-31H2,1-2H3,(H2,35,36,37). The minimum absolute atomic E-state index is 0.0793. The molecule has 2 N–H and O–H groups in total. The van der Waals surface area contributed by atoms with Crippen LogP contribution in [-0.2, 0) is 58.1 Å². The first-order valence-electron chi connectivity index (χ1n) is 17.5. The molecule has 0 aliphatic heterocycles. The lowest BCUT2D eigenvalue weighted by molar-refractivity contribution is -0.0258. The van der Waals surface area contributed by atoms with Crippen molar-refractivity contribution in [1.82, 2.24) is 0 Å². The quantitative estimate of drug-likeness (QED) is 0.0742. The number of phosphoric ester groups is 1. The van der Waals surface area contributed by atoms with E-state index in [1.54, 1.807) is 0 Å². The highest BCUT2D eigenvalue weighted by molar-refractivity contribution is 7.46. The van der Waals surface area contributed by atoms with Gasteiger partial charge < -0.3 is 57.2 Å². The van der Waals surface area contributed by atoms with Gasteiger partial charge in [0.25, 0.3) is 0 Å². The number of hydrogen-bond donors (Lipinski definition) is 2. The molecule has 0 bridgehead atoms. The molecular formula is C34H63O14P. The molecule has 0 amide bonds. The summed E-state index contributed by atoms with van der Waals surface area (Å²) in [7, 11) is -4.44. The van der Waals surface area contributed by atoms with Crippen molar-refractivity contribution in [2.75, 3.05) is 132 Å². The van der Waals surface area contributed by atoms with E-state index in [0.29, 0.717) is 119 Å². The van der Waals surface area contributed by atoms with Crippen LogP contribution >= 0.6 is 7.82 Å². The van der Waals surface area contributed by atoms with E-state index in [2.05, 4.69) is 30.5 Å². The molecule has 1 aromatic rings. The summed E-state index contributed by atoms with van der Waals surface area (Å²) < 4.78 is 69.3. The van der Waals surface area contributed by atoms with Crippen LogP contribution in [0.4, 0.5) is 0 Å². The zero-order chi connectivity index (χ0) is 35.5. The van der Waals surface area contributed by atoms with Crippen LogP contribution in [0.3, 0.4) is 0 Å². The first kappa shape index (κ1) is 45.8. The van der Waals surface area contributed by atoms with E-state index in [1.807, 2.05) is 12.1 Å². The van der Waals surface area contributed by atoms with Crippen LogP contribution in [0.25, 0.3) is 0 Å². The van der Waals surface area contributed by atoms with Crippen molar-refractivity contribution in [3.8, 4) is 5.75 Å². The van der Waals surface area contributed by atoms with E-state index in [1.165, 1.54) is 31.2 Å². The minimum atomic E-state index is -4.44. The molecule has 0 aliphatic carbocycles. The summed E-state index contributed by atoms with van der Waals surface area (Å²) in [5, 5.41) is 0. The molecule has 0 aromatic heterocycles. The first-order valence-corrected chi connectivity index (χ1v) is 19.0. The molecule has 0 unspecified atom stereocenters. The van der Waals surface area contributed by atoms with E-state index in [0.717, 1.165) is 18.1 Å². The van der Waals surface area contributed by atoms with Crippen LogP contribution in [0.1, 0.15) is 45.1 Å². The fourth-order valence-corrected chi connectivity index (χ4v) is 4.42. The maximum absolute atomic E-state index is 10.5. The van der Waals surface area contributed by atoms with Crippen molar-refractivity contribution in [2.24, 2.45) is 5.92 Å². The smallest absolute Gasteiger partial charge is 0.469 e. The summed E-state index contributed by atoms with van der Waals surface area (Å²) in [6.45, 7) is 12.8. The van der Waals surface area contributed by atoms with Crippen LogP contribution < -0.4 is 4.74 Å². The topological polar surface area (TPSA) is 159 Å². The van der Waals surface area contributed by atoms with Gasteiger partial charge in [-0.25, -0.2) is 4.57 Å². The van der Waals surface area contributed by atoms with Crippen LogP contribution in [0.15, 0.2) is 24.3 Å². The molecule has 1 rings (SSSR count). The fourth-order valence-electron chi connectivity index (χ4n) is 4.11. The summed E-state index contributed by atoms with van der Waals surface area (Å²) >= 11 is 0. The van der Waals surface area contributed by atoms with E-state index in [9.17, 15) is 4.57 Å². The SMILES string of the molecule is CC(C)CCCCCc1ccc(OCCOCCOCCOCCOCCOCCOCCOCCOCCOCCOP(=O)(O)O)cc1. The Kier molecular flexibility index (Phi) is 31.7. The Morgan fingerprint density at radius 2 is 0.837 bits per heavy atom. The van der Waals surface area contributed by atoms with Gasteiger partial charge in [-0.15, -0.1) is 0 Å². The second kappa shape index (κ2) is 33.9. The van der Waals surface area contributed by atoms with Gasteiger partial charge in [0.2, 0.25) is 0 Å². The average molecular weight is 727 g/mol. The summed E-state index contributed by atoms with van der Waals surface area (Å²) in [6.07, 6.45) is 6.30. The third-order valence-corrected chi connectivity index (χ3v) is 7.15. The summed E-state index contributed by atoms with van der Waals surface area (Å²) in [4.78, 5) is 17.0. The molecule has 1 aromatic carbocycles. The Balaban J connectivity index is 1.70. The molecule has 49 heavy (non-hydrogen) atoms. The van der Waals surface area contributed by atoms with Crippen molar-refractivity contribution >= 4 is 7.82 Å². The molecule has 14 nitrogen and oxygen atoms in total. The number of rotatable bonds is 38. The van der Waals surface area contributed by atoms with Gasteiger partial charge in [0.05, 0.1) is 126 Å². The van der Waals surface area contributed by atoms with Gasteiger partial charge in [0.15, 0.2) is 0 Å². The number of unbranched alkanes of at least 4 members (excludes halogenated alkanes) is 2. The third kappa shape index (κ3) is 35.0. The predicted molar refractivity (Wildman–Crippen MR) is 184 cm³/mol.